The Morgan fingerprint density at radius 1 is 1.29 bits per heavy atom. The second-order valence-electron chi connectivity index (χ2n) is 5.45. The third kappa shape index (κ3) is 2.71. The average molecular weight is 250 g/mol. The van der Waals surface area contributed by atoms with Crippen molar-refractivity contribution in [3.05, 3.63) is 15.6 Å². The zero-order chi connectivity index (χ0) is 11.7. The number of thiazole rings is 1. The molecule has 0 bridgehead atoms. The lowest BCUT2D eigenvalue weighted by atomic mass is 9.86. The minimum atomic E-state index is 0.797. The molecule has 1 aromatic heterocycles. The van der Waals surface area contributed by atoms with Gasteiger partial charge in [-0.15, -0.1) is 11.3 Å². The molecular formula is C14H22N2S. The Morgan fingerprint density at radius 2 is 2.12 bits per heavy atom. The molecule has 0 unspecified atom stereocenters. The van der Waals surface area contributed by atoms with Crippen molar-refractivity contribution in [2.75, 3.05) is 0 Å². The van der Waals surface area contributed by atoms with Crippen LogP contribution in [0.4, 0.5) is 0 Å². The maximum absolute atomic E-state index is 4.90. The molecule has 0 radical (unpaired) electrons. The fraction of sp³-hybridized carbons (Fsp3) is 0.786. The first kappa shape index (κ1) is 11.7. The first-order valence-electron chi connectivity index (χ1n) is 7.08. The molecule has 0 spiro atoms. The normalized spacial score (nSPS) is 20.5. The lowest BCUT2D eigenvalue weighted by Crippen LogP contribution is -2.15. The summed E-state index contributed by atoms with van der Waals surface area (Å²) >= 11 is 1.98. The van der Waals surface area contributed by atoms with E-state index < -0.39 is 0 Å². The number of nitrogens with one attached hydrogen (secondary N) is 1. The third-order valence-corrected chi connectivity index (χ3v) is 5.12. The monoisotopic (exact) mass is 250 g/mol. The molecule has 3 rings (SSSR count). The summed E-state index contributed by atoms with van der Waals surface area (Å²) in [5.74, 6) is 0.797. The Balaban J connectivity index is 1.70. The van der Waals surface area contributed by atoms with Crippen LogP contribution in [0, 0.1) is 0 Å². The van der Waals surface area contributed by atoms with Crippen LogP contribution < -0.4 is 5.32 Å². The van der Waals surface area contributed by atoms with Crippen molar-refractivity contribution in [2.24, 2.45) is 0 Å². The molecule has 3 heteroatoms. The number of nitrogens with zero attached hydrogens (tertiary/aromatic N) is 1. The van der Waals surface area contributed by atoms with Crippen LogP contribution in [-0.4, -0.2) is 11.0 Å². The van der Waals surface area contributed by atoms with Gasteiger partial charge in [-0.3, -0.25) is 0 Å². The third-order valence-electron chi connectivity index (χ3n) is 3.86. The number of aryl methyl sites for hydroxylation is 1. The SMILES string of the molecule is CCCc1nc(C2CCC2)sc1CNC1CC1. The molecule has 2 nitrogen and oxygen atoms in total. The fourth-order valence-electron chi connectivity index (χ4n) is 2.33. The van der Waals surface area contributed by atoms with Gasteiger partial charge in [0.15, 0.2) is 0 Å². The van der Waals surface area contributed by atoms with E-state index in [0.29, 0.717) is 0 Å². The van der Waals surface area contributed by atoms with E-state index in [2.05, 4.69) is 12.2 Å². The highest BCUT2D eigenvalue weighted by Crippen LogP contribution is 2.39. The molecule has 2 aliphatic carbocycles. The van der Waals surface area contributed by atoms with Crippen molar-refractivity contribution < 1.29 is 0 Å². The molecule has 0 aromatic carbocycles. The zero-order valence-electron chi connectivity index (χ0n) is 10.7. The Kier molecular flexibility index (Phi) is 3.48. The van der Waals surface area contributed by atoms with E-state index in [0.717, 1.165) is 24.9 Å². The molecule has 1 heterocycles. The molecule has 0 saturated heterocycles. The largest absolute Gasteiger partial charge is 0.309 e. The Bertz CT molecular complexity index is 378. The van der Waals surface area contributed by atoms with Crippen molar-refractivity contribution in [3.63, 3.8) is 0 Å². The smallest absolute Gasteiger partial charge is 0.0962 e. The van der Waals surface area contributed by atoms with Gasteiger partial charge in [-0.2, -0.15) is 0 Å². The van der Waals surface area contributed by atoms with Gasteiger partial charge in [-0.25, -0.2) is 4.98 Å². The summed E-state index contributed by atoms with van der Waals surface area (Å²) < 4.78 is 0. The van der Waals surface area contributed by atoms with Gasteiger partial charge >= 0.3 is 0 Å². The zero-order valence-corrected chi connectivity index (χ0v) is 11.5. The van der Waals surface area contributed by atoms with Crippen LogP contribution in [0.5, 0.6) is 0 Å². The van der Waals surface area contributed by atoms with Crippen molar-refractivity contribution in [2.45, 2.75) is 70.4 Å². The summed E-state index contributed by atoms with van der Waals surface area (Å²) in [4.78, 5) is 6.41. The maximum atomic E-state index is 4.90. The highest BCUT2D eigenvalue weighted by molar-refractivity contribution is 7.11. The standard InChI is InChI=1S/C14H22N2S/c1-2-4-12-13(9-15-11-7-8-11)17-14(16-12)10-5-3-6-10/h10-11,15H,2-9H2,1H3. The van der Waals surface area contributed by atoms with E-state index in [4.69, 9.17) is 4.98 Å². The van der Waals surface area contributed by atoms with Crippen LogP contribution in [-0.2, 0) is 13.0 Å². The minimum Gasteiger partial charge on any atom is -0.309 e. The maximum Gasteiger partial charge on any atom is 0.0962 e. The predicted octanol–water partition coefficient (Wildman–Crippen LogP) is 3.62. The Labute approximate surface area is 108 Å². The molecular weight excluding hydrogens is 228 g/mol. The number of hydrogen-bond acceptors (Lipinski definition) is 3. The Morgan fingerprint density at radius 3 is 2.71 bits per heavy atom. The lowest BCUT2D eigenvalue weighted by molar-refractivity contribution is 0.417. The van der Waals surface area contributed by atoms with Gasteiger partial charge in [0.2, 0.25) is 0 Å². The molecule has 2 aliphatic rings. The van der Waals surface area contributed by atoms with Gasteiger partial charge in [-0.1, -0.05) is 19.8 Å². The molecule has 0 amide bonds. The molecule has 0 aliphatic heterocycles. The second-order valence-corrected chi connectivity index (χ2v) is 6.57. The second kappa shape index (κ2) is 5.07. The molecule has 1 aromatic rings. The van der Waals surface area contributed by atoms with Crippen LogP contribution in [0.2, 0.25) is 0 Å². The summed E-state index contributed by atoms with van der Waals surface area (Å²) in [7, 11) is 0. The van der Waals surface area contributed by atoms with Crippen LogP contribution in [0.3, 0.4) is 0 Å². The van der Waals surface area contributed by atoms with Gasteiger partial charge in [0.05, 0.1) is 10.7 Å². The van der Waals surface area contributed by atoms with Crippen LogP contribution in [0.1, 0.15) is 66.9 Å². The molecule has 1 N–H and O–H groups in total. The summed E-state index contributed by atoms with van der Waals surface area (Å²) in [6.45, 7) is 3.31. The van der Waals surface area contributed by atoms with E-state index in [1.807, 2.05) is 11.3 Å². The van der Waals surface area contributed by atoms with E-state index in [-0.39, 0.29) is 0 Å². The molecule has 0 atom stereocenters. The number of rotatable bonds is 6. The van der Waals surface area contributed by atoms with Crippen LogP contribution in [0.25, 0.3) is 0 Å². The van der Waals surface area contributed by atoms with Gasteiger partial charge < -0.3 is 5.32 Å². The van der Waals surface area contributed by atoms with E-state index in [1.54, 1.807) is 0 Å². The van der Waals surface area contributed by atoms with Gasteiger partial charge in [0, 0.05) is 23.4 Å². The average Bonchev–Trinajstić information content (AvgIpc) is 2.98. The minimum absolute atomic E-state index is 0.797. The summed E-state index contributed by atoms with van der Waals surface area (Å²) in [6.07, 6.45) is 9.26. The molecule has 2 saturated carbocycles. The summed E-state index contributed by atoms with van der Waals surface area (Å²) in [5, 5.41) is 5.05. The topological polar surface area (TPSA) is 24.9 Å². The number of hydrogen-bond donors (Lipinski definition) is 1. The van der Waals surface area contributed by atoms with Crippen molar-refractivity contribution in [1.29, 1.82) is 0 Å². The summed E-state index contributed by atoms with van der Waals surface area (Å²) in [5.41, 5.74) is 1.38. The van der Waals surface area contributed by atoms with Crippen LogP contribution in [0.15, 0.2) is 0 Å². The number of aromatic nitrogens is 1. The molecule has 94 valence electrons. The van der Waals surface area contributed by atoms with Crippen molar-refractivity contribution >= 4 is 11.3 Å². The van der Waals surface area contributed by atoms with Gasteiger partial charge in [-0.05, 0) is 32.1 Å². The highest BCUT2D eigenvalue weighted by atomic mass is 32.1. The quantitative estimate of drug-likeness (QED) is 0.834. The molecule has 17 heavy (non-hydrogen) atoms. The van der Waals surface area contributed by atoms with Crippen LogP contribution >= 0.6 is 11.3 Å². The first-order chi connectivity index (χ1) is 8.36. The summed E-state index contributed by atoms with van der Waals surface area (Å²) in [6, 6.07) is 0.804. The predicted molar refractivity (Wildman–Crippen MR) is 72.6 cm³/mol. The Hall–Kier alpha value is -0.410. The van der Waals surface area contributed by atoms with E-state index in [1.165, 1.54) is 54.1 Å². The van der Waals surface area contributed by atoms with E-state index in [9.17, 15) is 0 Å². The van der Waals surface area contributed by atoms with Gasteiger partial charge in [0.1, 0.15) is 0 Å². The fourth-order valence-corrected chi connectivity index (χ4v) is 3.56. The van der Waals surface area contributed by atoms with Crippen molar-refractivity contribution in [3.8, 4) is 0 Å². The van der Waals surface area contributed by atoms with E-state index >= 15 is 0 Å². The van der Waals surface area contributed by atoms with Crippen molar-refractivity contribution in [1.82, 2.24) is 10.3 Å². The first-order valence-corrected chi connectivity index (χ1v) is 7.90. The highest BCUT2D eigenvalue weighted by Gasteiger charge is 2.25. The molecule has 2 fully saturated rings. The van der Waals surface area contributed by atoms with Gasteiger partial charge in [0.25, 0.3) is 0 Å². The lowest BCUT2D eigenvalue weighted by Gasteiger charge is -2.22.